The van der Waals surface area contributed by atoms with Crippen LogP contribution in [0.15, 0.2) is 24.3 Å². The molecule has 1 aliphatic rings. The number of β-amino-alcohol motifs (C(OH)–C–C–N with tert-alkyl or cyclic N) is 1. The Hall–Kier alpha value is -1.10. The minimum absolute atomic E-state index is 0.000908. The van der Waals surface area contributed by atoms with Crippen LogP contribution >= 0.6 is 11.6 Å². The number of halogens is 1. The van der Waals surface area contributed by atoms with E-state index in [1.54, 1.807) is 0 Å². The molecular formula is C14H19ClN2O2. The van der Waals surface area contributed by atoms with Crippen LogP contribution in [0.2, 0.25) is 5.02 Å². The monoisotopic (exact) mass is 282 g/mol. The minimum Gasteiger partial charge on any atom is -0.391 e. The summed E-state index contributed by atoms with van der Waals surface area (Å²) in [6.45, 7) is 1.89. The zero-order valence-corrected chi connectivity index (χ0v) is 11.5. The fraction of sp³-hybridized carbons (Fsp3) is 0.500. The molecule has 0 saturated carbocycles. The number of aliphatic hydroxyl groups is 1. The largest absolute Gasteiger partial charge is 0.391 e. The first-order chi connectivity index (χ1) is 9.16. The number of hydrogen-bond acceptors (Lipinski definition) is 3. The summed E-state index contributed by atoms with van der Waals surface area (Å²) in [6.07, 6.45) is 0.695. The van der Waals surface area contributed by atoms with E-state index in [9.17, 15) is 9.90 Å². The van der Waals surface area contributed by atoms with E-state index in [1.807, 2.05) is 24.3 Å². The lowest BCUT2D eigenvalue weighted by Crippen LogP contribution is -2.34. The number of rotatable bonds is 5. The molecule has 0 spiro atoms. The minimum atomic E-state index is -0.358. The van der Waals surface area contributed by atoms with E-state index in [0.717, 1.165) is 12.1 Å². The van der Waals surface area contributed by atoms with Crippen molar-refractivity contribution in [1.29, 1.82) is 0 Å². The first-order valence-corrected chi connectivity index (χ1v) is 6.93. The zero-order chi connectivity index (χ0) is 13.7. The van der Waals surface area contributed by atoms with Gasteiger partial charge in [-0.3, -0.25) is 4.79 Å². The second-order valence-electron chi connectivity index (χ2n) is 4.88. The predicted molar refractivity (Wildman–Crippen MR) is 75.1 cm³/mol. The summed E-state index contributed by atoms with van der Waals surface area (Å²) in [5.41, 5.74) is 0.988. The molecule has 1 aromatic rings. The van der Waals surface area contributed by atoms with Gasteiger partial charge in [-0.1, -0.05) is 29.8 Å². The molecule has 0 radical (unpaired) electrons. The van der Waals surface area contributed by atoms with Crippen molar-refractivity contribution >= 4 is 17.5 Å². The highest BCUT2D eigenvalue weighted by Gasteiger charge is 2.24. The van der Waals surface area contributed by atoms with E-state index in [-0.39, 0.29) is 17.9 Å². The number of carbonyl (C=O) groups excluding carboxylic acids is 1. The van der Waals surface area contributed by atoms with Crippen molar-refractivity contribution in [3.63, 3.8) is 0 Å². The molecule has 2 rings (SSSR count). The zero-order valence-electron chi connectivity index (χ0n) is 10.7. The Bertz CT molecular complexity index is 439. The second kappa shape index (κ2) is 6.89. The summed E-state index contributed by atoms with van der Waals surface area (Å²) in [6, 6.07) is 7.55. The van der Waals surface area contributed by atoms with Gasteiger partial charge in [-0.2, -0.15) is 0 Å². The Kier molecular flexibility index (Phi) is 5.19. The highest BCUT2D eigenvalue weighted by Crippen LogP contribution is 2.16. The van der Waals surface area contributed by atoms with Crippen molar-refractivity contribution in [2.75, 3.05) is 19.6 Å². The number of hydrogen-bond donors (Lipinski definition) is 3. The molecule has 1 heterocycles. The molecule has 1 fully saturated rings. The Morgan fingerprint density at radius 2 is 2.21 bits per heavy atom. The van der Waals surface area contributed by atoms with Crippen LogP contribution in [-0.4, -0.2) is 36.8 Å². The topological polar surface area (TPSA) is 61.4 Å². The van der Waals surface area contributed by atoms with Gasteiger partial charge in [-0.15, -0.1) is 0 Å². The first kappa shape index (κ1) is 14.3. The van der Waals surface area contributed by atoms with E-state index in [0.29, 0.717) is 31.0 Å². The van der Waals surface area contributed by atoms with Crippen molar-refractivity contribution in [2.24, 2.45) is 5.92 Å². The van der Waals surface area contributed by atoms with Crippen LogP contribution in [0, 0.1) is 5.92 Å². The highest BCUT2D eigenvalue weighted by atomic mass is 35.5. The van der Waals surface area contributed by atoms with Crippen molar-refractivity contribution in [3.05, 3.63) is 34.9 Å². The molecule has 1 aliphatic heterocycles. The molecule has 2 unspecified atom stereocenters. The molecule has 1 amide bonds. The fourth-order valence-corrected chi connectivity index (χ4v) is 2.44. The second-order valence-corrected chi connectivity index (χ2v) is 5.29. The standard InChI is InChI=1S/C14H19ClN2O2/c15-12-4-2-1-3-10(12)5-6-14(19)17-8-11-7-16-9-13(11)18/h1-4,11,13,16,18H,5-9H2,(H,17,19). The lowest BCUT2D eigenvalue weighted by Gasteiger charge is -2.14. The Morgan fingerprint density at radius 3 is 2.89 bits per heavy atom. The lowest BCUT2D eigenvalue weighted by atomic mass is 10.1. The van der Waals surface area contributed by atoms with Crippen LogP contribution < -0.4 is 10.6 Å². The Morgan fingerprint density at radius 1 is 1.42 bits per heavy atom. The van der Waals surface area contributed by atoms with Gasteiger partial charge in [0.25, 0.3) is 0 Å². The van der Waals surface area contributed by atoms with Gasteiger partial charge in [-0.25, -0.2) is 0 Å². The number of benzene rings is 1. The number of aliphatic hydroxyl groups excluding tert-OH is 1. The molecule has 0 aliphatic carbocycles. The smallest absolute Gasteiger partial charge is 0.220 e. The average Bonchev–Trinajstić information content (AvgIpc) is 2.81. The molecular weight excluding hydrogens is 264 g/mol. The summed E-state index contributed by atoms with van der Waals surface area (Å²) < 4.78 is 0. The molecule has 1 aromatic carbocycles. The van der Waals surface area contributed by atoms with Gasteiger partial charge < -0.3 is 15.7 Å². The van der Waals surface area contributed by atoms with Crippen LogP contribution in [0.4, 0.5) is 0 Å². The van der Waals surface area contributed by atoms with Crippen molar-refractivity contribution in [1.82, 2.24) is 10.6 Å². The number of carbonyl (C=O) groups is 1. The van der Waals surface area contributed by atoms with E-state index in [2.05, 4.69) is 10.6 Å². The SMILES string of the molecule is O=C(CCc1ccccc1Cl)NCC1CNCC1O. The summed E-state index contributed by atoms with van der Waals surface area (Å²) >= 11 is 6.03. The maximum Gasteiger partial charge on any atom is 0.220 e. The average molecular weight is 283 g/mol. The molecule has 4 nitrogen and oxygen atoms in total. The normalized spacial score (nSPS) is 22.4. The van der Waals surface area contributed by atoms with Crippen LogP contribution in [0.3, 0.4) is 0 Å². The number of amides is 1. The van der Waals surface area contributed by atoms with Crippen molar-refractivity contribution in [2.45, 2.75) is 18.9 Å². The quantitative estimate of drug-likeness (QED) is 0.754. The van der Waals surface area contributed by atoms with Crippen LogP contribution in [-0.2, 0) is 11.2 Å². The predicted octanol–water partition coefficient (Wildman–Crippen LogP) is 0.969. The Balaban J connectivity index is 1.71. The van der Waals surface area contributed by atoms with E-state index in [1.165, 1.54) is 0 Å². The van der Waals surface area contributed by atoms with E-state index in [4.69, 9.17) is 11.6 Å². The third-order valence-electron chi connectivity index (χ3n) is 3.44. The van der Waals surface area contributed by atoms with Crippen molar-refractivity contribution in [3.8, 4) is 0 Å². The maximum absolute atomic E-state index is 11.7. The van der Waals surface area contributed by atoms with Gasteiger partial charge in [0.2, 0.25) is 5.91 Å². The van der Waals surface area contributed by atoms with Gasteiger partial charge in [0, 0.05) is 37.0 Å². The molecule has 3 N–H and O–H groups in total. The summed E-state index contributed by atoms with van der Waals surface area (Å²) in [5, 5.41) is 16.3. The molecule has 2 atom stereocenters. The molecule has 104 valence electrons. The van der Waals surface area contributed by atoms with Crippen LogP contribution in [0.1, 0.15) is 12.0 Å². The van der Waals surface area contributed by atoms with Gasteiger partial charge in [0.05, 0.1) is 6.10 Å². The third kappa shape index (κ3) is 4.20. The van der Waals surface area contributed by atoms with E-state index >= 15 is 0 Å². The fourth-order valence-electron chi connectivity index (χ4n) is 2.21. The third-order valence-corrected chi connectivity index (χ3v) is 3.81. The van der Waals surface area contributed by atoms with Crippen LogP contribution in [0.5, 0.6) is 0 Å². The Labute approximate surface area is 118 Å². The van der Waals surface area contributed by atoms with Gasteiger partial charge in [0.1, 0.15) is 0 Å². The first-order valence-electron chi connectivity index (χ1n) is 6.55. The van der Waals surface area contributed by atoms with Crippen LogP contribution in [0.25, 0.3) is 0 Å². The number of aryl methyl sites for hydroxylation is 1. The van der Waals surface area contributed by atoms with Gasteiger partial charge in [0.15, 0.2) is 0 Å². The highest BCUT2D eigenvalue weighted by molar-refractivity contribution is 6.31. The maximum atomic E-state index is 11.7. The summed E-state index contributed by atoms with van der Waals surface area (Å²) in [5.74, 6) is 0.114. The number of nitrogens with one attached hydrogen (secondary N) is 2. The molecule has 0 aromatic heterocycles. The summed E-state index contributed by atoms with van der Waals surface area (Å²) in [4.78, 5) is 11.7. The van der Waals surface area contributed by atoms with Gasteiger partial charge in [-0.05, 0) is 18.1 Å². The molecule has 5 heteroatoms. The van der Waals surface area contributed by atoms with Gasteiger partial charge >= 0.3 is 0 Å². The molecule has 0 bridgehead atoms. The van der Waals surface area contributed by atoms with E-state index < -0.39 is 0 Å². The van der Waals surface area contributed by atoms with Crippen molar-refractivity contribution < 1.29 is 9.90 Å². The lowest BCUT2D eigenvalue weighted by molar-refractivity contribution is -0.121. The summed E-state index contributed by atoms with van der Waals surface area (Å²) in [7, 11) is 0. The molecule has 1 saturated heterocycles. The molecule has 19 heavy (non-hydrogen) atoms.